The van der Waals surface area contributed by atoms with Crippen molar-refractivity contribution in [2.24, 2.45) is 0 Å². The summed E-state index contributed by atoms with van der Waals surface area (Å²) in [6, 6.07) is 7.06. The fourth-order valence-corrected chi connectivity index (χ4v) is 5.05. The highest BCUT2D eigenvalue weighted by atomic mass is 32.1. The molecule has 158 valence electrons. The van der Waals surface area contributed by atoms with E-state index >= 15 is 0 Å². The molecule has 3 amide bonds. The lowest BCUT2D eigenvalue weighted by Crippen LogP contribution is -2.46. The normalized spacial score (nSPS) is 20.1. The van der Waals surface area contributed by atoms with Crippen molar-refractivity contribution in [1.29, 1.82) is 0 Å². The smallest absolute Gasteiger partial charge is 0.325 e. The van der Waals surface area contributed by atoms with E-state index in [1.165, 1.54) is 24.3 Å². The van der Waals surface area contributed by atoms with E-state index in [1.54, 1.807) is 11.3 Å². The third kappa shape index (κ3) is 3.36. The largest absolute Gasteiger partial charge is 0.368 e. The number of benzene rings is 1. The van der Waals surface area contributed by atoms with E-state index < -0.39 is 11.6 Å². The molecule has 4 N–H and O–H groups in total. The molecule has 1 spiro atoms. The minimum Gasteiger partial charge on any atom is -0.368 e. The Morgan fingerprint density at radius 3 is 2.81 bits per heavy atom. The highest BCUT2D eigenvalue weighted by molar-refractivity contribution is 7.10. The zero-order chi connectivity index (χ0) is 21.6. The Morgan fingerprint density at radius 1 is 1.19 bits per heavy atom. The maximum Gasteiger partial charge on any atom is 0.325 e. The predicted octanol–water partition coefficient (Wildman–Crippen LogP) is 2.68. The second-order valence-corrected chi connectivity index (χ2v) is 8.40. The first-order valence-corrected chi connectivity index (χ1v) is 10.6. The number of rotatable bonds is 4. The number of carbonyl (C=O) groups excluding carboxylic acids is 2. The minimum atomic E-state index is -1.03. The van der Waals surface area contributed by atoms with E-state index in [1.807, 2.05) is 11.4 Å². The van der Waals surface area contributed by atoms with Crippen LogP contribution in [0.5, 0.6) is 0 Å². The molecule has 0 unspecified atom stereocenters. The van der Waals surface area contributed by atoms with E-state index in [0.29, 0.717) is 12.1 Å². The van der Waals surface area contributed by atoms with Crippen molar-refractivity contribution in [3.05, 3.63) is 57.8 Å². The number of nitrogens with one attached hydrogen (secondary N) is 2. The van der Waals surface area contributed by atoms with Gasteiger partial charge in [0.2, 0.25) is 11.9 Å². The maximum absolute atomic E-state index is 13.3. The van der Waals surface area contributed by atoms with Crippen molar-refractivity contribution >= 4 is 40.9 Å². The Balaban J connectivity index is 1.40. The molecule has 11 heteroatoms. The van der Waals surface area contributed by atoms with Crippen LogP contribution in [-0.2, 0) is 23.3 Å². The fraction of sp³-hybridized carbons (Fsp3) is 0.250. The molecule has 1 saturated heterocycles. The number of nitrogens with two attached hydrogens (primary N) is 1. The molecule has 3 heterocycles. The van der Waals surface area contributed by atoms with Crippen molar-refractivity contribution in [3.8, 4) is 0 Å². The zero-order valence-electron chi connectivity index (χ0n) is 16.3. The Bertz CT molecular complexity index is 1180. The van der Waals surface area contributed by atoms with Gasteiger partial charge in [0, 0.05) is 16.1 Å². The molecule has 3 aromatic rings. The summed E-state index contributed by atoms with van der Waals surface area (Å²) in [5.41, 5.74) is 6.20. The predicted molar refractivity (Wildman–Crippen MR) is 112 cm³/mol. The van der Waals surface area contributed by atoms with Gasteiger partial charge in [-0.25, -0.2) is 9.18 Å². The number of anilines is 3. The molecule has 0 saturated carbocycles. The minimum absolute atomic E-state index is 0.0610. The lowest BCUT2D eigenvalue weighted by molar-refractivity contribution is -0.132. The summed E-state index contributed by atoms with van der Waals surface area (Å²) in [4.78, 5) is 40.7. The van der Waals surface area contributed by atoms with E-state index in [2.05, 4.69) is 25.6 Å². The summed E-state index contributed by atoms with van der Waals surface area (Å²) in [6.07, 6.45) is 2.27. The monoisotopic (exact) mass is 439 g/mol. The Hall–Kier alpha value is -3.60. The molecule has 1 fully saturated rings. The SMILES string of the molecule is Nc1nc(CN2C(=O)N[C@@]3(CCCc4sccc43)C2=O)nc(Nc2ccc(F)cc2)n1. The second kappa shape index (κ2) is 7.27. The number of aryl methyl sites for hydroxylation is 1. The number of nitrogen functional groups attached to an aromatic ring is 1. The highest BCUT2D eigenvalue weighted by Gasteiger charge is 2.54. The number of carbonyl (C=O) groups is 2. The van der Waals surface area contributed by atoms with Crippen molar-refractivity contribution in [2.75, 3.05) is 11.1 Å². The number of aromatic nitrogens is 3. The third-order valence-corrected chi connectivity index (χ3v) is 6.42. The molecule has 1 aliphatic carbocycles. The van der Waals surface area contributed by atoms with Crippen LogP contribution in [0.15, 0.2) is 35.7 Å². The van der Waals surface area contributed by atoms with Gasteiger partial charge in [0.25, 0.3) is 5.91 Å². The topological polar surface area (TPSA) is 126 Å². The number of thiophene rings is 1. The number of amides is 3. The summed E-state index contributed by atoms with van der Waals surface area (Å²) in [6.45, 7) is -0.142. The quantitative estimate of drug-likeness (QED) is 0.534. The third-order valence-electron chi connectivity index (χ3n) is 5.44. The summed E-state index contributed by atoms with van der Waals surface area (Å²) in [5.74, 6) is -0.448. The van der Waals surface area contributed by atoms with E-state index in [9.17, 15) is 14.0 Å². The van der Waals surface area contributed by atoms with Crippen LogP contribution in [0.25, 0.3) is 0 Å². The summed E-state index contributed by atoms with van der Waals surface area (Å²) in [5, 5.41) is 7.76. The van der Waals surface area contributed by atoms with E-state index in [0.717, 1.165) is 28.2 Å². The molecule has 5 rings (SSSR count). The van der Waals surface area contributed by atoms with Gasteiger partial charge in [-0.05, 0) is 55.0 Å². The van der Waals surface area contributed by atoms with Crippen LogP contribution in [0, 0.1) is 5.82 Å². The van der Waals surface area contributed by atoms with Crippen LogP contribution in [0.4, 0.5) is 26.8 Å². The maximum atomic E-state index is 13.3. The molecule has 2 aliphatic rings. The van der Waals surface area contributed by atoms with Crippen molar-refractivity contribution in [3.63, 3.8) is 0 Å². The van der Waals surface area contributed by atoms with Gasteiger partial charge in [-0.3, -0.25) is 9.69 Å². The molecular formula is C20H18FN7O2S. The summed E-state index contributed by atoms with van der Waals surface area (Å²) < 4.78 is 13.1. The van der Waals surface area contributed by atoms with Crippen LogP contribution in [0.2, 0.25) is 0 Å². The van der Waals surface area contributed by atoms with E-state index in [-0.39, 0.29) is 36.0 Å². The van der Waals surface area contributed by atoms with Gasteiger partial charge in [0.1, 0.15) is 11.4 Å². The first kappa shape index (κ1) is 19.4. The number of hydrogen-bond acceptors (Lipinski definition) is 8. The van der Waals surface area contributed by atoms with Crippen LogP contribution in [0.1, 0.15) is 29.1 Å². The number of halogens is 1. The second-order valence-electron chi connectivity index (χ2n) is 7.40. The standard InChI is InChI=1S/C20H18FN7O2S/c21-11-3-5-12(6-4-11)23-18-25-15(24-17(22)26-18)10-28-16(29)20(27-19(28)30)8-1-2-14-13(20)7-9-31-14/h3-7,9H,1-2,8,10H2,(H,27,30)(H3,22,23,24,25,26)/t20-/m1/s1. The van der Waals surface area contributed by atoms with E-state index in [4.69, 9.17) is 5.73 Å². The van der Waals surface area contributed by atoms with Gasteiger partial charge in [0.15, 0.2) is 5.82 Å². The van der Waals surface area contributed by atoms with Crippen LogP contribution < -0.4 is 16.4 Å². The molecule has 0 radical (unpaired) electrons. The van der Waals surface area contributed by atoms with Crippen molar-refractivity contribution in [1.82, 2.24) is 25.2 Å². The van der Waals surface area contributed by atoms with Crippen LogP contribution in [0.3, 0.4) is 0 Å². The highest BCUT2D eigenvalue weighted by Crippen LogP contribution is 2.42. The Morgan fingerprint density at radius 2 is 2.00 bits per heavy atom. The van der Waals surface area contributed by atoms with Gasteiger partial charge in [-0.15, -0.1) is 11.3 Å². The lowest BCUT2D eigenvalue weighted by Gasteiger charge is -2.31. The molecule has 1 aliphatic heterocycles. The molecular weight excluding hydrogens is 421 g/mol. The molecule has 1 atom stereocenters. The number of hydrogen-bond donors (Lipinski definition) is 3. The lowest BCUT2D eigenvalue weighted by atomic mass is 9.80. The van der Waals surface area contributed by atoms with Crippen LogP contribution in [-0.4, -0.2) is 31.8 Å². The average molecular weight is 439 g/mol. The molecule has 0 bridgehead atoms. The van der Waals surface area contributed by atoms with Gasteiger partial charge in [0.05, 0.1) is 6.54 Å². The van der Waals surface area contributed by atoms with Crippen LogP contribution >= 0.6 is 11.3 Å². The fourth-order valence-electron chi connectivity index (χ4n) is 4.05. The summed E-state index contributed by atoms with van der Waals surface area (Å²) in [7, 11) is 0. The number of imide groups is 1. The van der Waals surface area contributed by atoms with Gasteiger partial charge < -0.3 is 16.4 Å². The first-order chi connectivity index (χ1) is 14.9. The van der Waals surface area contributed by atoms with Crippen molar-refractivity contribution in [2.45, 2.75) is 31.3 Å². The van der Waals surface area contributed by atoms with Gasteiger partial charge in [-0.2, -0.15) is 15.0 Å². The number of nitrogens with zero attached hydrogens (tertiary/aromatic N) is 4. The molecule has 2 aromatic heterocycles. The number of urea groups is 1. The molecule has 9 nitrogen and oxygen atoms in total. The van der Waals surface area contributed by atoms with Crippen molar-refractivity contribution < 1.29 is 14.0 Å². The molecule has 31 heavy (non-hydrogen) atoms. The Labute approximate surface area is 180 Å². The van der Waals surface area contributed by atoms with Gasteiger partial charge in [-0.1, -0.05) is 0 Å². The summed E-state index contributed by atoms with van der Waals surface area (Å²) >= 11 is 1.60. The average Bonchev–Trinajstić information content (AvgIpc) is 3.30. The molecule has 1 aromatic carbocycles. The first-order valence-electron chi connectivity index (χ1n) is 9.68. The zero-order valence-corrected chi connectivity index (χ0v) is 17.1. The number of fused-ring (bicyclic) bond motifs is 2. The Kier molecular flexibility index (Phi) is 4.54. The van der Waals surface area contributed by atoms with Gasteiger partial charge >= 0.3 is 6.03 Å².